The van der Waals surface area contributed by atoms with E-state index in [4.69, 9.17) is 0 Å². The number of likely N-dealkylation sites (N-methyl/N-ethyl adjacent to an activating group) is 1. The Morgan fingerprint density at radius 1 is 1.07 bits per heavy atom. The van der Waals surface area contributed by atoms with Crippen molar-refractivity contribution < 1.29 is 4.79 Å². The summed E-state index contributed by atoms with van der Waals surface area (Å²) in [7, 11) is 1.67. The number of para-hydroxylation sites is 1. The van der Waals surface area contributed by atoms with E-state index in [1.807, 2.05) is 56.3 Å². The molecular formula is C21H20N6O2. The lowest BCUT2D eigenvalue weighted by atomic mass is 10.1. The van der Waals surface area contributed by atoms with Crippen molar-refractivity contribution in [2.75, 3.05) is 11.9 Å². The second kappa shape index (κ2) is 7.31. The molecule has 146 valence electrons. The number of nitrogens with zero attached hydrogens (tertiary/aromatic N) is 6. The molecule has 0 radical (unpaired) electrons. The molecule has 8 nitrogen and oxygen atoms in total. The summed E-state index contributed by atoms with van der Waals surface area (Å²) in [5.74, 6) is -0.235. The van der Waals surface area contributed by atoms with Gasteiger partial charge in [0.15, 0.2) is 11.2 Å². The van der Waals surface area contributed by atoms with Crippen molar-refractivity contribution in [3.05, 3.63) is 76.3 Å². The van der Waals surface area contributed by atoms with Gasteiger partial charge in [-0.15, -0.1) is 5.10 Å². The molecule has 0 aliphatic carbocycles. The second-order valence-corrected chi connectivity index (χ2v) is 6.99. The summed E-state index contributed by atoms with van der Waals surface area (Å²) in [6.45, 7) is 3.85. The summed E-state index contributed by atoms with van der Waals surface area (Å²) in [5.41, 5.74) is 3.77. The number of rotatable bonds is 4. The van der Waals surface area contributed by atoms with Gasteiger partial charge in [0.2, 0.25) is 5.91 Å². The average Bonchev–Trinajstić information content (AvgIpc) is 3.14. The molecule has 0 atom stereocenters. The molecule has 1 amide bonds. The van der Waals surface area contributed by atoms with Crippen LogP contribution in [-0.2, 0) is 11.3 Å². The van der Waals surface area contributed by atoms with Crippen LogP contribution in [0.25, 0.3) is 16.9 Å². The van der Waals surface area contributed by atoms with Crippen LogP contribution in [0, 0.1) is 13.8 Å². The SMILES string of the molecule is Cc1cc(C)cc(-n2nnc3c(=O)n(CC(=O)N(C)c4ccccc4)cnc32)c1. The minimum Gasteiger partial charge on any atom is -0.314 e. The first-order valence-corrected chi connectivity index (χ1v) is 9.15. The molecule has 0 spiro atoms. The van der Waals surface area contributed by atoms with Crippen LogP contribution in [0.2, 0.25) is 0 Å². The first-order valence-electron chi connectivity index (χ1n) is 9.15. The standard InChI is InChI=1S/C21H20N6O2/c1-14-9-15(2)11-17(10-14)27-20-19(23-24-27)21(29)26(13-22-20)12-18(28)25(3)16-7-5-4-6-8-16/h4-11,13H,12H2,1-3H3. The highest BCUT2D eigenvalue weighted by molar-refractivity contribution is 5.92. The van der Waals surface area contributed by atoms with Gasteiger partial charge < -0.3 is 4.90 Å². The van der Waals surface area contributed by atoms with Gasteiger partial charge in [-0.3, -0.25) is 14.2 Å². The summed E-state index contributed by atoms with van der Waals surface area (Å²) in [6.07, 6.45) is 1.36. The van der Waals surface area contributed by atoms with Gasteiger partial charge in [-0.1, -0.05) is 29.5 Å². The van der Waals surface area contributed by atoms with Crippen LogP contribution in [0.3, 0.4) is 0 Å². The molecule has 29 heavy (non-hydrogen) atoms. The smallest absolute Gasteiger partial charge is 0.284 e. The summed E-state index contributed by atoms with van der Waals surface area (Å²) < 4.78 is 2.80. The van der Waals surface area contributed by atoms with Crippen molar-refractivity contribution in [3.63, 3.8) is 0 Å². The Bertz CT molecular complexity index is 1240. The fourth-order valence-corrected chi connectivity index (χ4v) is 3.25. The minimum absolute atomic E-state index is 0.127. The van der Waals surface area contributed by atoms with Crippen molar-refractivity contribution in [3.8, 4) is 5.69 Å². The number of anilines is 1. The summed E-state index contributed by atoms with van der Waals surface area (Å²) in [5, 5.41) is 8.12. The molecule has 2 aromatic heterocycles. The second-order valence-electron chi connectivity index (χ2n) is 6.99. The molecule has 4 rings (SSSR count). The van der Waals surface area contributed by atoms with Crippen LogP contribution in [0.5, 0.6) is 0 Å². The molecular weight excluding hydrogens is 368 g/mol. The van der Waals surface area contributed by atoms with Gasteiger partial charge >= 0.3 is 0 Å². The van der Waals surface area contributed by atoms with Crippen molar-refractivity contribution >= 4 is 22.8 Å². The van der Waals surface area contributed by atoms with Gasteiger partial charge in [-0.2, -0.15) is 4.68 Å². The van der Waals surface area contributed by atoms with E-state index in [1.54, 1.807) is 11.7 Å². The molecule has 0 aliphatic rings. The average molecular weight is 388 g/mol. The maximum Gasteiger partial charge on any atom is 0.284 e. The van der Waals surface area contributed by atoms with E-state index in [2.05, 4.69) is 21.4 Å². The third-order valence-electron chi connectivity index (χ3n) is 4.70. The number of carbonyl (C=O) groups is 1. The Morgan fingerprint density at radius 2 is 1.76 bits per heavy atom. The molecule has 0 saturated carbocycles. The maximum absolute atomic E-state index is 12.8. The van der Waals surface area contributed by atoms with Gasteiger partial charge in [-0.05, 0) is 49.2 Å². The Hall–Kier alpha value is -3.81. The number of hydrogen-bond acceptors (Lipinski definition) is 5. The summed E-state index contributed by atoms with van der Waals surface area (Å²) in [4.78, 5) is 31.3. The summed E-state index contributed by atoms with van der Waals surface area (Å²) >= 11 is 0. The minimum atomic E-state index is -0.402. The highest BCUT2D eigenvalue weighted by atomic mass is 16.2. The van der Waals surface area contributed by atoms with Crippen molar-refractivity contribution in [1.82, 2.24) is 24.5 Å². The fraction of sp³-hybridized carbons (Fsp3) is 0.190. The van der Waals surface area contributed by atoms with Gasteiger partial charge in [0.25, 0.3) is 5.56 Å². The lowest BCUT2D eigenvalue weighted by Gasteiger charge is -2.17. The molecule has 8 heteroatoms. The topological polar surface area (TPSA) is 85.9 Å². The quantitative estimate of drug-likeness (QED) is 0.535. The van der Waals surface area contributed by atoms with E-state index in [0.717, 1.165) is 22.5 Å². The molecule has 0 aliphatic heterocycles. The van der Waals surface area contributed by atoms with Crippen LogP contribution in [-0.4, -0.2) is 37.5 Å². The van der Waals surface area contributed by atoms with E-state index in [0.29, 0.717) is 5.65 Å². The van der Waals surface area contributed by atoms with Gasteiger partial charge in [0.1, 0.15) is 12.9 Å². The predicted molar refractivity (Wildman–Crippen MR) is 110 cm³/mol. The monoisotopic (exact) mass is 388 g/mol. The van der Waals surface area contributed by atoms with E-state index >= 15 is 0 Å². The highest BCUT2D eigenvalue weighted by Crippen LogP contribution is 2.16. The van der Waals surface area contributed by atoms with Crippen LogP contribution < -0.4 is 10.5 Å². The van der Waals surface area contributed by atoms with Crippen LogP contribution >= 0.6 is 0 Å². The Kier molecular flexibility index (Phi) is 4.67. The zero-order valence-corrected chi connectivity index (χ0v) is 16.4. The Labute approximate surface area is 167 Å². The lowest BCUT2D eigenvalue weighted by molar-refractivity contribution is -0.118. The number of amides is 1. The molecule has 0 unspecified atom stereocenters. The van der Waals surface area contributed by atoms with Crippen molar-refractivity contribution in [2.24, 2.45) is 0 Å². The highest BCUT2D eigenvalue weighted by Gasteiger charge is 2.17. The van der Waals surface area contributed by atoms with Crippen molar-refractivity contribution in [1.29, 1.82) is 0 Å². The van der Waals surface area contributed by atoms with E-state index in [1.165, 1.54) is 15.8 Å². The Morgan fingerprint density at radius 3 is 2.45 bits per heavy atom. The molecule has 2 aromatic carbocycles. The maximum atomic E-state index is 12.8. The van der Waals surface area contributed by atoms with E-state index in [-0.39, 0.29) is 18.0 Å². The summed E-state index contributed by atoms with van der Waals surface area (Å²) in [6, 6.07) is 15.2. The number of aryl methyl sites for hydroxylation is 2. The van der Waals surface area contributed by atoms with Gasteiger partial charge in [0, 0.05) is 12.7 Å². The van der Waals surface area contributed by atoms with E-state index in [9.17, 15) is 9.59 Å². The first-order chi connectivity index (χ1) is 13.9. The number of hydrogen-bond donors (Lipinski definition) is 0. The lowest BCUT2D eigenvalue weighted by Crippen LogP contribution is -2.34. The van der Waals surface area contributed by atoms with Crippen LogP contribution in [0.1, 0.15) is 11.1 Å². The van der Waals surface area contributed by atoms with Crippen LogP contribution in [0.4, 0.5) is 5.69 Å². The number of aromatic nitrogens is 5. The number of benzene rings is 2. The largest absolute Gasteiger partial charge is 0.314 e. The molecule has 0 saturated heterocycles. The molecule has 2 heterocycles. The molecule has 0 N–H and O–H groups in total. The van der Waals surface area contributed by atoms with Gasteiger partial charge in [0.05, 0.1) is 5.69 Å². The normalized spacial score (nSPS) is 11.0. The van der Waals surface area contributed by atoms with Crippen molar-refractivity contribution in [2.45, 2.75) is 20.4 Å². The van der Waals surface area contributed by atoms with Crippen LogP contribution in [0.15, 0.2) is 59.7 Å². The van der Waals surface area contributed by atoms with E-state index < -0.39 is 5.56 Å². The van der Waals surface area contributed by atoms with Gasteiger partial charge in [-0.25, -0.2) is 4.98 Å². The zero-order valence-electron chi connectivity index (χ0n) is 16.4. The Balaban J connectivity index is 1.67. The molecule has 0 bridgehead atoms. The third kappa shape index (κ3) is 3.52. The fourth-order valence-electron chi connectivity index (χ4n) is 3.25. The molecule has 4 aromatic rings. The zero-order chi connectivity index (χ0) is 20.5. The first kappa shape index (κ1) is 18.5. The molecule has 0 fully saturated rings. The number of carbonyl (C=O) groups excluding carboxylic acids is 1. The third-order valence-corrected chi connectivity index (χ3v) is 4.70. The number of fused-ring (bicyclic) bond motifs is 1. The predicted octanol–water partition coefficient (Wildman–Crippen LogP) is 2.26.